The summed E-state index contributed by atoms with van der Waals surface area (Å²) in [7, 11) is 0. The minimum atomic E-state index is 0.958. The maximum atomic E-state index is 4.97. The van der Waals surface area contributed by atoms with E-state index in [9.17, 15) is 0 Å². The molecule has 0 aromatic carbocycles. The van der Waals surface area contributed by atoms with Gasteiger partial charge in [-0.15, -0.1) is 11.3 Å². The number of nitrogens with one attached hydrogen (secondary N) is 1. The second kappa shape index (κ2) is 6.43. The molecule has 0 aliphatic carbocycles. The van der Waals surface area contributed by atoms with E-state index in [1.54, 1.807) is 11.3 Å². The number of rotatable bonds is 3. The van der Waals surface area contributed by atoms with Crippen molar-refractivity contribution in [2.24, 2.45) is 0 Å². The summed E-state index contributed by atoms with van der Waals surface area (Å²) >= 11 is 1.77. The van der Waals surface area contributed by atoms with Crippen molar-refractivity contribution in [1.82, 2.24) is 19.6 Å². The zero-order valence-corrected chi connectivity index (χ0v) is 14.3. The van der Waals surface area contributed by atoms with Crippen molar-refractivity contribution in [2.45, 2.75) is 19.9 Å². The number of imidazole rings is 1. The number of hydrogen-bond acceptors (Lipinski definition) is 4. The van der Waals surface area contributed by atoms with Crippen molar-refractivity contribution in [2.75, 3.05) is 26.2 Å². The first-order chi connectivity index (χ1) is 11.3. The molecule has 1 N–H and O–H groups in total. The molecule has 0 bridgehead atoms. The van der Waals surface area contributed by atoms with Crippen molar-refractivity contribution in [3.8, 4) is 10.6 Å². The lowest BCUT2D eigenvalue weighted by molar-refractivity contribution is 0.281. The van der Waals surface area contributed by atoms with Gasteiger partial charge in [0.05, 0.1) is 10.6 Å². The maximum absolute atomic E-state index is 4.97. The first-order valence-electron chi connectivity index (χ1n) is 8.26. The summed E-state index contributed by atoms with van der Waals surface area (Å²) in [6, 6.07) is 8.54. The number of pyridine rings is 1. The molecule has 1 saturated heterocycles. The quantitative estimate of drug-likeness (QED) is 0.802. The number of nitrogens with zero attached hydrogens (tertiary/aromatic N) is 3. The zero-order valence-electron chi connectivity index (χ0n) is 13.5. The summed E-state index contributed by atoms with van der Waals surface area (Å²) in [4.78, 5) is 8.78. The average molecular weight is 326 g/mol. The molecule has 23 heavy (non-hydrogen) atoms. The molecule has 0 unspecified atom stereocenters. The van der Waals surface area contributed by atoms with E-state index in [1.807, 2.05) is 0 Å². The zero-order chi connectivity index (χ0) is 15.6. The molecule has 0 saturated carbocycles. The van der Waals surface area contributed by atoms with E-state index in [2.05, 4.69) is 57.4 Å². The van der Waals surface area contributed by atoms with Crippen LogP contribution in [0.25, 0.3) is 16.2 Å². The Morgan fingerprint density at radius 1 is 1.22 bits per heavy atom. The van der Waals surface area contributed by atoms with Crippen LogP contribution in [0.3, 0.4) is 0 Å². The Morgan fingerprint density at radius 3 is 3.04 bits per heavy atom. The molecule has 3 aromatic heterocycles. The van der Waals surface area contributed by atoms with Crippen molar-refractivity contribution in [3.63, 3.8) is 0 Å². The van der Waals surface area contributed by atoms with Crippen LogP contribution in [0, 0.1) is 6.92 Å². The molecular formula is C18H22N4S. The fourth-order valence-corrected chi connectivity index (χ4v) is 4.02. The van der Waals surface area contributed by atoms with Crippen LogP contribution in [0.5, 0.6) is 0 Å². The third-order valence-corrected chi connectivity index (χ3v) is 5.38. The van der Waals surface area contributed by atoms with Crippen LogP contribution >= 0.6 is 11.3 Å². The van der Waals surface area contributed by atoms with E-state index in [4.69, 9.17) is 4.98 Å². The van der Waals surface area contributed by atoms with Crippen molar-refractivity contribution < 1.29 is 0 Å². The van der Waals surface area contributed by atoms with Gasteiger partial charge in [-0.3, -0.25) is 4.90 Å². The van der Waals surface area contributed by atoms with Gasteiger partial charge in [-0.1, -0.05) is 12.1 Å². The third-order valence-electron chi connectivity index (χ3n) is 4.50. The molecule has 3 aromatic rings. The molecule has 4 heterocycles. The van der Waals surface area contributed by atoms with Crippen molar-refractivity contribution in [1.29, 1.82) is 0 Å². The topological polar surface area (TPSA) is 32.6 Å². The average Bonchev–Trinajstić information content (AvgIpc) is 3.12. The second-order valence-corrected chi connectivity index (χ2v) is 7.10. The van der Waals surface area contributed by atoms with Gasteiger partial charge >= 0.3 is 0 Å². The van der Waals surface area contributed by atoms with Crippen LogP contribution in [0.2, 0.25) is 0 Å². The summed E-state index contributed by atoms with van der Waals surface area (Å²) in [5.41, 5.74) is 4.77. The van der Waals surface area contributed by atoms with E-state index in [-0.39, 0.29) is 0 Å². The second-order valence-electron chi connectivity index (χ2n) is 6.15. The number of thiophene rings is 1. The van der Waals surface area contributed by atoms with Crippen molar-refractivity contribution in [3.05, 3.63) is 47.1 Å². The highest BCUT2D eigenvalue weighted by molar-refractivity contribution is 7.13. The Labute approximate surface area is 140 Å². The number of aryl methyl sites for hydroxylation is 1. The Balaban J connectivity index is 1.79. The lowest BCUT2D eigenvalue weighted by Crippen LogP contribution is -2.28. The molecule has 0 atom stereocenters. The van der Waals surface area contributed by atoms with Crippen molar-refractivity contribution >= 4 is 17.0 Å². The molecule has 5 heteroatoms. The summed E-state index contributed by atoms with van der Waals surface area (Å²) < 4.78 is 2.28. The van der Waals surface area contributed by atoms with Crippen LogP contribution in [-0.2, 0) is 6.54 Å². The minimum absolute atomic E-state index is 0.958. The molecule has 1 aliphatic heterocycles. The van der Waals surface area contributed by atoms with Crippen LogP contribution in [0.4, 0.5) is 0 Å². The Kier molecular flexibility index (Phi) is 4.16. The van der Waals surface area contributed by atoms with Crippen LogP contribution in [0.15, 0.2) is 35.8 Å². The summed E-state index contributed by atoms with van der Waals surface area (Å²) in [5, 5.41) is 5.61. The lowest BCUT2D eigenvalue weighted by Gasteiger charge is -2.19. The standard InChI is InChI=1S/C18H22N4S/c1-14-5-2-10-22-15(13-21-9-4-7-19-8-11-21)17(20-18(14)22)16-6-3-12-23-16/h2-3,5-6,10,12,19H,4,7-9,11,13H2,1H3. The van der Waals surface area contributed by atoms with Gasteiger partial charge in [0, 0.05) is 25.8 Å². The fraction of sp³-hybridized carbons (Fsp3) is 0.389. The molecule has 1 aliphatic rings. The third kappa shape index (κ3) is 2.92. The highest BCUT2D eigenvalue weighted by Crippen LogP contribution is 2.30. The Morgan fingerprint density at radius 2 is 2.17 bits per heavy atom. The Hall–Kier alpha value is -1.69. The molecule has 0 spiro atoms. The summed E-state index contributed by atoms with van der Waals surface area (Å²) in [6.07, 6.45) is 3.36. The molecule has 4 rings (SSSR count). The smallest absolute Gasteiger partial charge is 0.140 e. The van der Waals surface area contributed by atoms with Gasteiger partial charge in [-0.2, -0.15) is 0 Å². The minimum Gasteiger partial charge on any atom is -0.315 e. The summed E-state index contributed by atoms with van der Waals surface area (Å²) in [6.45, 7) is 7.54. The van der Waals surface area contributed by atoms with Gasteiger partial charge in [0.2, 0.25) is 0 Å². The lowest BCUT2D eigenvalue weighted by atomic mass is 10.2. The van der Waals surface area contributed by atoms with Gasteiger partial charge in [-0.05, 0) is 49.5 Å². The first-order valence-corrected chi connectivity index (χ1v) is 9.14. The van der Waals surface area contributed by atoms with E-state index in [0.29, 0.717) is 0 Å². The molecule has 0 amide bonds. The van der Waals surface area contributed by atoms with Gasteiger partial charge in [0.25, 0.3) is 0 Å². The van der Waals surface area contributed by atoms with E-state index in [1.165, 1.54) is 22.6 Å². The van der Waals surface area contributed by atoms with E-state index >= 15 is 0 Å². The van der Waals surface area contributed by atoms with Crippen LogP contribution in [-0.4, -0.2) is 40.5 Å². The number of hydrogen-bond donors (Lipinski definition) is 1. The van der Waals surface area contributed by atoms with E-state index < -0.39 is 0 Å². The normalized spacial score (nSPS) is 16.7. The van der Waals surface area contributed by atoms with Gasteiger partial charge in [0.1, 0.15) is 11.3 Å². The Bertz CT molecular complexity index is 783. The SMILES string of the molecule is Cc1cccn2c(CN3CCCNCC3)c(-c3cccs3)nc12. The molecule has 4 nitrogen and oxygen atoms in total. The molecule has 0 radical (unpaired) electrons. The largest absolute Gasteiger partial charge is 0.315 e. The predicted octanol–water partition coefficient (Wildman–Crippen LogP) is 3.17. The molecular weight excluding hydrogens is 304 g/mol. The van der Waals surface area contributed by atoms with Gasteiger partial charge in [0.15, 0.2) is 0 Å². The number of fused-ring (bicyclic) bond motifs is 1. The molecule has 1 fully saturated rings. The highest BCUT2D eigenvalue weighted by atomic mass is 32.1. The first kappa shape index (κ1) is 14.9. The monoisotopic (exact) mass is 326 g/mol. The van der Waals surface area contributed by atoms with Gasteiger partial charge < -0.3 is 9.72 Å². The maximum Gasteiger partial charge on any atom is 0.140 e. The van der Waals surface area contributed by atoms with Crippen LogP contribution in [0.1, 0.15) is 17.7 Å². The predicted molar refractivity (Wildman–Crippen MR) is 96.0 cm³/mol. The number of aromatic nitrogens is 2. The van der Waals surface area contributed by atoms with Crippen LogP contribution < -0.4 is 5.32 Å². The van der Waals surface area contributed by atoms with Gasteiger partial charge in [-0.25, -0.2) is 4.98 Å². The van der Waals surface area contributed by atoms with E-state index in [0.717, 1.165) is 44.1 Å². The highest BCUT2D eigenvalue weighted by Gasteiger charge is 2.19. The summed E-state index contributed by atoms with van der Waals surface area (Å²) in [5.74, 6) is 0. The molecule has 120 valence electrons. The fourth-order valence-electron chi connectivity index (χ4n) is 3.29.